The molecule has 0 amide bonds. The van der Waals surface area contributed by atoms with E-state index in [0.717, 1.165) is 19.3 Å². The smallest absolute Gasteiger partial charge is 0.305 e. The van der Waals surface area contributed by atoms with Crippen LogP contribution in [0.15, 0.2) is 12.1 Å². The van der Waals surface area contributed by atoms with Gasteiger partial charge in [-0.3, -0.25) is 4.79 Å². The molecule has 1 heterocycles. The van der Waals surface area contributed by atoms with E-state index < -0.39 is 0 Å². The summed E-state index contributed by atoms with van der Waals surface area (Å²) in [7, 11) is 1.43. The second-order valence-corrected chi connectivity index (χ2v) is 6.42. The van der Waals surface area contributed by atoms with Crippen molar-refractivity contribution in [2.75, 3.05) is 7.11 Å². The molecule has 19 heavy (non-hydrogen) atoms. The van der Waals surface area contributed by atoms with Gasteiger partial charge in [0, 0.05) is 16.2 Å². The number of hydrogen-bond acceptors (Lipinski definition) is 3. The van der Waals surface area contributed by atoms with Gasteiger partial charge in [-0.1, -0.05) is 26.2 Å². The van der Waals surface area contributed by atoms with Crippen LogP contribution < -0.4 is 0 Å². The Hall–Kier alpha value is -0.540. The zero-order valence-corrected chi connectivity index (χ0v) is 13.4. The zero-order chi connectivity index (χ0) is 14.1. The van der Waals surface area contributed by atoms with Crippen LogP contribution in [0, 0.1) is 0 Å². The first kappa shape index (κ1) is 16.5. The quantitative estimate of drug-likeness (QED) is 0.360. The molecule has 4 heteroatoms. The van der Waals surface area contributed by atoms with Crippen molar-refractivity contribution in [2.24, 2.45) is 0 Å². The number of methoxy groups -OCH3 is 1. The normalized spacial score (nSPS) is 12.4. The summed E-state index contributed by atoms with van der Waals surface area (Å²) in [6.07, 6.45) is 6.99. The maximum absolute atomic E-state index is 11.0. The van der Waals surface area contributed by atoms with Gasteiger partial charge < -0.3 is 4.74 Å². The minimum Gasteiger partial charge on any atom is -0.469 e. The molecule has 2 nitrogen and oxygen atoms in total. The summed E-state index contributed by atoms with van der Waals surface area (Å²) in [6, 6.07) is 4.26. The van der Waals surface area contributed by atoms with E-state index in [1.165, 1.54) is 36.1 Å². The summed E-state index contributed by atoms with van der Waals surface area (Å²) < 4.78 is 4.63. The number of carbonyl (C=O) groups is 1. The van der Waals surface area contributed by atoms with Gasteiger partial charge in [-0.15, -0.1) is 22.9 Å². The van der Waals surface area contributed by atoms with Crippen molar-refractivity contribution in [2.45, 2.75) is 57.2 Å². The van der Waals surface area contributed by atoms with Gasteiger partial charge in [0.1, 0.15) is 0 Å². The Labute approximate surface area is 125 Å². The molecular weight excluding hydrogens is 280 g/mol. The highest BCUT2D eigenvalue weighted by atomic mass is 35.5. The number of alkyl halides is 1. The van der Waals surface area contributed by atoms with Crippen LogP contribution in [0.4, 0.5) is 0 Å². The van der Waals surface area contributed by atoms with Crippen molar-refractivity contribution >= 4 is 28.9 Å². The fourth-order valence-corrected chi connectivity index (χ4v) is 3.35. The molecule has 1 aromatic rings. The summed E-state index contributed by atoms with van der Waals surface area (Å²) >= 11 is 8.17. The first-order valence-electron chi connectivity index (χ1n) is 6.96. The third-order valence-electron chi connectivity index (χ3n) is 3.08. The Morgan fingerprint density at radius 2 is 2.16 bits per heavy atom. The molecule has 0 aromatic carbocycles. The first-order chi connectivity index (χ1) is 9.17. The van der Waals surface area contributed by atoms with Crippen molar-refractivity contribution in [1.82, 2.24) is 0 Å². The third kappa shape index (κ3) is 6.44. The van der Waals surface area contributed by atoms with Crippen molar-refractivity contribution < 1.29 is 9.53 Å². The van der Waals surface area contributed by atoms with E-state index in [9.17, 15) is 4.79 Å². The van der Waals surface area contributed by atoms with Crippen LogP contribution in [0.5, 0.6) is 0 Å². The van der Waals surface area contributed by atoms with E-state index in [1.54, 1.807) is 11.3 Å². The van der Waals surface area contributed by atoms with E-state index in [-0.39, 0.29) is 11.3 Å². The minimum atomic E-state index is -0.133. The average Bonchev–Trinajstić information content (AvgIpc) is 2.87. The zero-order valence-electron chi connectivity index (χ0n) is 11.8. The van der Waals surface area contributed by atoms with E-state index in [0.29, 0.717) is 6.42 Å². The van der Waals surface area contributed by atoms with Crippen LogP contribution in [0.25, 0.3) is 0 Å². The third-order valence-corrected chi connectivity index (χ3v) is 4.93. The second-order valence-electron chi connectivity index (χ2n) is 4.70. The van der Waals surface area contributed by atoms with Gasteiger partial charge >= 0.3 is 5.97 Å². The summed E-state index contributed by atoms with van der Waals surface area (Å²) in [5.41, 5.74) is 0. The molecule has 1 aromatic heterocycles. The van der Waals surface area contributed by atoms with E-state index in [1.807, 2.05) is 0 Å². The van der Waals surface area contributed by atoms with Crippen molar-refractivity contribution in [1.29, 1.82) is 0 Å². The van der Waals surface area contributed by atoms with E-state index in [4.69, 9.17) is 11.6 Å². The highest BCUT2D eigenvalue weighted by Crippen LogP contribution is 2.32. The Balaban J connectivity index is 2.32. The predicted molar refractivity (Wildman–Crippen MR) is 82.0 cm³/mol. The van der Waals surface area contributed by atoms with Crippen LogP contribution in [0.1, 0.15) is 60.6 Å². The molecule has 0 bridgehead atoms. The first-order valence-corrected chi connectivity index (χ1v) is 8.22. The van der Waals surface area contributed by atoms with Crippen LogP contribution in [0.3, 0.4) is 0 Å². The number of halogens is 1. The molecule has 0 aliphatic heterocycles. The molecule has 0 saturated heterocycles. The van der Waals surface area contributed by atoms with Crippen molar-refractivity contribution in [3.63, 3.8) is 0 Å². The van der Waals surface area contributed by atoms with E-state index in [2.05, 4.69) is 23.8 Å². The number of unbranched alkanes of at least 4 members (excludes halogenated alkanes) is 2. The summed E-state index contributed by atoms with van der Waals surface area (Å²) in [6.45, 7) is 2.20. The molecule has 0 saturated carbocycles. The van der Waals surface area contributed by atoms with Gasteiger partial charge in [-0.05, 0) is 31.4 Å². The van der Waals surface area contributed by atoms with Crippen LogP contribution >= 0.6 is 22.9 Å². The lowest BCUT2D eigenvalue weighted by Crippen LogP contribution is -1.99. The molecule has 0 spiro atoms. The fraction of sp³-hybridized carbons (Fsp3) is 0.667. The Bertz CT molecular complexity index is 376. The maximum atomic E-state index is 11.0. The van der Waals surface area contributed by atoms with E-state index >= 15 is 0 Å². The van der Waals surface area contributed by atoms with Gasteiger partial charge in [0.2, 0.25) is 0 Å². The summed E-state index contributed by atoms with van der Waals surface area (Å²) in [4.78, 5) is 13.6. The monoisotopic (exact) mass is 302 g/mol. The molecule has 108 valence electrons. The lowest BCUT2D eigenvalue weighted by atomic mass is 10.1. The second kappa shape index (κ2) is 9.38. The van der Waals surface area contributed by atoms with Gasteiger partial charge in [0.05, 0.1) is 12.5 Å². The van der Waals surface area contributed by atoms with Gasteiger partial charge in [-0.25, -0.2) is 0 Å². The number of esters is 1. The largest absolute Gasteiger partial charge is 0.469 e. The molecule has 0 aliphatic rings. The molecule has 1 unspecified atom stereocenters. The molecule has 0 radical (unpaired) electrons. The highest BCUT2D eigenvalue weighted by Gasteiger charge is 2.11. The molecule has 1 rings (SSSR count). The fourth-order valence-electron chi connectivity index (χ4n) is 1.92. The minimum absolute atomic E-state index is 0.133. The number of carbonyl (C=O) groups excluding carboxylic acids is 1. The molecule has 0 aliphatic carbocycles. The lowest BCUT2D eigenvalue weighted by molar-refractivity contribution is -0.140. The topological polar surface area (TPSA) is 26.3 Å². The van der Waals surface area contributed by atoms with Crippen LogP contribution in [-0.4, -0.2) is 13.1 Å². The Kier molecular flexibility index (Phi) is 8.15. The SMILES string of the molecule is CCCCCC(Cl)c1ccc(CCCC(=O)OC)s1. The van der Waals surface area contributed by atoms with Crippen molar-refractivity contribution in [3.8, 4) is 0 Å². The molecular formula is C15H23ClO2S. The van der Waals surface area contributed by atoms with Gasteiger partial charge in [0.25, 0.3) is 0 Å². The van der Waals surface area contributed by atoms with Gasteiger partial charge in [-0.2, -0.15) is 0 Å². The Morgan fingerprint density at radius 1 is 1.37 bits per heavy atom. The standard InChI is InChI=1S/C15H23ClO2S/c1-3-4-5-8-13(16)14-11-10-12(19-14)7-6-9-15(17)18-2/h10-11,13H,3-9H2,1-2H3. The number of rotatable bonds is 9. The molecule has 0 fully saturated rings. The predicted octanol–water partition coefficient (Wildman–Crippen LogP) is 5.10. The number of thiophene rings is 1. The van der Waals surface area contributed by atoms with Gasteiger partial charge in [0.15, 0.2) is 0 Å². The lowest BCUT2D eigenvalue weighted by Gasteiger charge is -2.05. The average molecular weight is 303 g/mol. The molecule has 1 atom stereocenters. The van der Waals surface area contributed by atoms with Crippen molar-refractivity contribution in [3.05, 3.63) is 21.9 Å². The van der Waals surface area contributed by atoms with Crippen LogP contribution in [0.2, 0.25) is 0 Å². The molecule has 0 N–H and O–H groups in total. The Morgan fingerprint density at radius 3 is 2.84 bits per heavy atom. The number of aryl methyl sites for hydroxylation is 1. The number of ether oxygens (including phenoxy) is 1. The van der Waals surface area contributed by atoms with Crippen LogP contribution in [-0.2, 0) is 16.0 Å². The highest BCUT2D eigenvalue weighted by molar-refractivity contribution is 7.12. The maximum Gasteiger partial charge on any atom is 0.305 e. The number of hydrogen-bond donors (Lipinski definition) is 0. The summed E-state index contributed by atoms with van der Waals surface area (Å²) in [5.74, 6) is -0.133. The summed E-state index contributed by atoms with van der Waals surface area (Å²) in [5, 5.41) is 0.144.